The van der Waals surface area contributed by atoms with Gasteiger partial charge in [-0.2, -0.15) is 0 Å². The molecule has 27 heavy (non-hydrogen) atoms. The standard InChI is InChI=1S/C20H25NO6/c1-5-26-19(22)10-13(2)21-20(23)18-9-7-16(27-18)12-14-11-15(24-3)6-8-17(14)25-4/h6-9,11,13H,5,10,12H2,1-4H3,(H,21,23). The molecule has 1 heterocycles. The molecule has 0 saturated carbocycles. The van der Waals surface area contributed by atoms with Crippen molar-refractivity contribution in [3.05, 3.63) is 47.4 Å². The minimum atomic E-state index is -0.379. The molecule has 0 saturated heterocycles. The molecule has 2 aromatic rings. The van der Waals surface area contributed by atoms with Gasteiger partial charge in [-0.15, -0.1) is 0 Å². The van der Waals surface area contributed by atoms with Crippen LogP contribution < -0.4 is 14.8 Å². The summed E-state index contributed by atoms with van der Waals surface area (Å²) in [5.41, 5.74) is 0.883. The Morgan fingerprint density at radius 1 is 1.15 bits per heavy atom. The second-order valence-corrected chi connectivity index (χ2v) is 6.00. The number of amides is 1. The van der Waals surface area contributed by atoms with Crippen LogP contribution >= 0.6 is 0 Å². The van der Waals surface area contributed by atoms with Crippen LogP contribution in [0.1, 0.15) is 42.1 Å². The third-order valence-corrected chi connectivity index (χ3v) is 3.89. The molecule has 7 nitrogen and oxygen atoms in total. The lowest BCUT2D eigenvalue weighted by Crippen LogP contribution is -2.34. The van der Waals surface area contributed by atoms with E-state index in [2.05, 4.69) is 5.32 Å². The van der Waals surface area contributed by atoms with Crippen LogP contribution in [0.25, 0.3) is 0 Å². The molecule has 0 aliphatic carbocycles. The Morgan fingerprint density at radius 3 is 2.59 bits per heavy atom. The molecule has 0 aliphatic heterocycles. The molecule has 1 atom stereocenters. The number of nitrogens with one attached hydrogen (secondary N) is 1. The summed E-state index contributed by atoms with van der Waals surface area (Å²) in [6.07, 6.45) is 0.556. The van der Waals surface area contributed by atoms with Crippen molar-refractivity contribution in [2.24, 2.45) is 0 Å². The molecular weight excluding hydrogens is 350 g/mol. The predicted molar refractivity (Wildman–Crippen MR) is 99.2 cm³/mol. The third kappa shape index (κ3) is 5.77. The van der Waals surface area contributed by atoms with E-state index in [-0.39, 0.29) is 30.1 Å². The van der Waals surface area contributed by atoms with Gasteiger partial charge in [-0.3, -0.25) is 9.59 Å². The lowest BCUT2D eigenvalue weighted by atomic mass is 10.1. The number of esters is 1. The lowest BCUT2D eigenvalue weighted by Gasteiger charge is -2.12. The zero-order chi connectivity index (χ0) is 19.8. The lowest BCUT2D eigenvalue weighted by molar-refractivity contribution is -0.143. The van der Waals surface area contributed by atoms with Gasteiger partial charge in [0.25, 0.3) is 5.91 Å². The van der Waals surface area contributed by atoms with Gasteiger partial charge in [0, 0.05) is 18.0 Å². The van der Waals surface area contributed by atoms with Crippen molar-refractivity contribution in [2.45, 2.75) is 32.7 Å². The van der Waals surface area contributed by atoms with E-state index < -0.39 is 0 Å². The molecule has 1 unspecified atom stereocenters. The van der Waals surface area contributed by atoms with Crippen molar-refractivity contribution in [3.8, 4) is 11.5 Å². The largest absolute Gasteiger partial charge is 0.497 e. The van der Waals surface area contributed by atoms with Gasteiger partial charge in [-0.05, 0) is 44.2 Å². The second-order valence-electron chi connectivity index (χ2n) is 6.00. The van der Waals surface area contributed by atoms with Crippen LogP contribution in [0.4, 0.5) is 0 Å². The SMILES string of the molecule is CCOC(=O)CC(C)NC(=O)c1ccc(Cc2cc(OC)ccc2OC)o1. The van der Waals surface area contributed by atoms with Crippen molar-refractivity contribution >= 4 is 11.9 Å². The molecule has 1 N–H and O–H groups in total. The van der Waals surface area contributed by atoms with E-state index in [4.69, 9.17) is 18.6 Å². The molecule has 7 heteroatoms. The monoisotopic (exact) mass is 375 g/mol. The van der Waals surface area contributed by atoms with Crippen molar-refractivity contribution in [1.29, 1.82) is 0 Å². The summed E-state index contributed by atoms with van der Waals surface area (Å²) in [6, 6.07) is 8.49. The number of rotatable bonds is 9. The van der Waals surface area contributed by atoms with Crippen LogP contribution in [0, 0.1) is 0 Å². The number of hydrogen-bond acceptors (Lipinski definition) is 6. The summed E-state index contributed by atoms with van der Waals surface area (Å²) in [7, 11) is 3.19. The quantitative estimate of drug-likeness (QED) is 0.678. The summed E-state index contributed by atoms with van der Waals surface area (Å²) >= 11 is 0. The van der Waals surface area contributed by atoms with Gasteiger partial charge in [-0.1, -0.05) is 0 Å². The maximum atomic E-state index is 12.3. The number of furan rings is 1. The molecule has 1 aromatic carbocycles. The summed E-state index contributed by atoms with van der Waals surface area (Å²) in [5, 5.41) is 2.73. The van der Waals surface area contributed by atoms with Gasteiger partial charge in [0.2, 0.25) is 0 Å². The molecule has 146 valence electrons. The third-order valence-electron chi connectivity index (χ3n) is 3.89. The summed E-state index contributed by atoms with van der Waals surface area (Å²) in [6.45, 7) is 3.79. The van der Waals surface area contributed by atoms with Gasteiger partial charge in [0.15, 0.2) is 5.76 Å². The molecular formula is C20H25NO6. The predicted octanol–water partition coefficient (Wildman–Crippen LogP) is 2.96. The second kappa shape index (κ2) is 9.66. The van der Waals surface area contributed by atoms with Gasteiger partial charge in [-0.25, -0.2) is 0 Å². The van der Waals surface area contributed by atoms with E-state index in [1.165, 1.54) is 0 Å². The minimum Gasteiger partial charge on any atom is -0.497 e. The molecule has 2 rings (SSSR count). The van der Waals surface area contributed by atoms with Crippen LogP contribution in [-0.2, 0) is 16.0 Å². The molecule has 1 aromatic heterocycles. The maximum absolute atomic E-state index is 12.3. The number of carbonyl (C=O) groups is 2. The van der Waals surface area contributed by atoms with Crippen LogP contribution in [0.2, 0.25) is 0 Å². The van der Waals surface area contributed by atoms with Gasteiger partial charge in [0.1, 0.15) is 17.3 Å². The number of benzene rings is 1. The Hall–Kier alpha value is -2.96. The first kappa shape index (κ1) is 20.4. The van der Waals surface area contributed by atoms with Crippen LogP contribution in [0.15, 0.2) is 34.7 Å². The minimum absolute atomic E-state index is 0.105. The Morgan fingerprint density at radius 2 is 1.93 bits per heavy atom. The van der Waals surface area contributed by atoms with Crippen LogP contribution in [0.3, 0.4) is 0 Å². The van der Waals surface area contributed by atoms with Gasteiger partial charge >= 0.3 is 5.97 Å². The summed E-state index contributed by atoms with van der Waals surface area (Å²) in [5.74, 6) is 1.49. The number of methoxy groups -OCH3 is 2. The molecule has 0 fully saturated rings. The topological polar surface area (TPSA) is 87.0 Å². The fourth-order valence-corrected chi connectivity index (χ4v) is 2.62. The average Bonchev–Trinajstić information content (AvgIpc) is 3.10. The molecule has 0 spiro atoms. The molecule has 0 aliphatic rings. The molecule has 1 amide bonds. The zero-order valence-electron chi connectivity index (χ0n) is 16.0. The van der Waals surface area contributed by atoms with Crippen LogP contribution in [0.5, 0.6) is 11.5 Å². The highest BCUT2D eigenvalue weighted by Gasteiger charge is 2.17. The normalized spacial score (nSPS) is 11.6. The van der Waals surface area contributed by atoms with Gasteiger partial charge < -0.3 is 23.9 Å². The number of carbonyl (C=O) groups excluding carboxylic acids is 2. The van der Waals surface area contributed by atoms with E-state index in [1.807, 2.05) is 18.2 Å². The fraction of sp³-hybridized carbons (Fsp3) is 0.400. The zero-order valence-corrected chi connectivity index (χ0v) is 16.0. The van der Waals surface area contributed by atoms with Crippen molar-refractivity contribution in [1.82, 2.24) is 5.32 Å². The Balaban J connectivity index is 2.02. The van der Waals surface area contributed by atoms with Gasteiger partial charge in [0.05, 0.1) is 27.2 Å². The van der Waals surface area contributed by atoms with Crippen molar-refractivity contribution in [2.75, 3.05) is 20.8 Å². The first-order chi connectivity index (χ1) is 13.0. The van der Waals surface area contributed by atoms with Crippen molar-refractivity contribution < 1.29 is 28.2 Å². The first-order valence-corrected chi connectivity index (χ1v) is 8.72. The highest BCUT2D eigenvalue weighted by atomic mass is 16.5. The maximum Gasteiger partial charge on any atom is 0.307 e. The van der Waals surface area contributed by atoms with E-state index >= 15 is 0 Å². The van der Waals surface area contributed by atoms with E-state index in [1.54, 1.807) is 40.2 Å². The Labute approximate surface area is 158 Å². The Kier molecular flexibility index (Phi) is 7.28. The number of hydrogen-bond donors (Lipinski definition) is 1. The van der Waals surface area contributed by atoms with E-state index in [0.29, 0.717) is 30.3 Å². The highest BCUT2D eigenvalue weighted by molar-refractivity contribution is 5.92. The number of ether oxygens (including phenoxy) is 3. The first-order valence-electron chi connectivity index (χ1n) is 8.72. The molecule has 0 bridgehead atoms. The van der Waals surface area contributed by atoms with E-state index in [9.17, 15) is 9.59 Å². The fourth-order valence-electron chi connectivity index (χ4n) is 2.62. The van der Waals surface area contributed by atoms with E-state index in [0.717, 1.165) is 5.56 Å². The summed E-state index contributed by atoms with van der Waals surface area (Å²) < 4.78 is 21.1. The van der Waals surface area contributed by atoms with Crippen molar-refractivity contribution in [3.63, 3.8) is 0 Å². The smallest absolute Gasteiger partial charge is 0.307 e. The highest BCUT2D eigenvalue weighted by Crippen LogP contribution is 2.27. The van der Waals surface area contributed by atoms with Crippen LogP contribution in [-0.4, -0.2) is 38.7 Å². The molecule has 0 radical (unpaired) electrons. The average molecular weight is 375 g/mol. The summed E-state index contributed by atoms with van der Waals surface area (Å²) in [4.78, 5) is 23.8. The Bertz CT molecular complexity index is 783.